The van der Waals surface area contributed by atoms with Crippen LogP contribution in [0.5, 0.6) is 0 Å². The number of rotatable bonds is 6. The number of halogens is 1. The van der Waals surface area contributed by atoms with Gasteiger partial charge < -0.3 is 15.3 Å². The molecule has 1 saturated heterocycles. The highest BCUT2D eigenvalue weighted by atomic mass is 35.5. The van der Waals surface area contributed by atoms with E-state index in [1.165, 1.54) is 22.2 Å². The Kier molecular flexibility index (Phi) is 6.65. The minimum atomic E-state index is -0.225. The summed E-state index contributed by atoms with van der Waals surface area (Å²) in [5.41, 5.74) is 1.64. The summed E-state index contributed by atoms with van der Waals surface area (Å²) in [6.07, 6.45) is 1.46. The lowest BCUT2D eigenvalue weighted by Gasteiger charge is -2.35. The molecule has 35 heavy (non-hydrogen) atoms. The highest BCUT2D eigenvalue weighted by molar-refractivity contribution is 7.22. The summed E-state index contributed by atoms with van der Waals surface area (Å²) in [6.45, 7) is 7.98. The number of piperazine rings is 1. The van der Waals surface area contributed by atoms with E-state index in [9.17, 15) is 4.79 Å². The number of aryl methyl sites for hydroxylation is 2. The summed E-state index contributed by atoms with van der Waals surface area (Å²) < 4.78 is 1.89. The van der Waals surface area contributed by atoms with Crippen LogP contribution in [0.2, 0.25) is 5.02 Å². The molecular formula is C23H25ClN8O2S. The van der Waals surface area contributed by atoms with Gasteiger partial charge in [-0.3, -0.25) is 14.3 Å². The van der Waals surface area contributed by atoms with Gasteiger partial charge in [-0.05, 0) is 25.5 Å². The van der Waals surface area contributed by atoms with Gasteiger partial charge >= 0.3 is 0 Å². The Labute approximate surface area is 210 Å². The second kappa shape index (κ2) is 9.86. The molecule has 0 amide bonds. The smallest absolute Gasteiger partial charge is 0.277 e. The Hall–Kier alpha value is -3.12. The number of thiazole rings is 1. The van der Waals surface area contributed by atoms with Crippen LogP contribution in [-0.4, -0.2) is 73.8 Å². The molecule has 1 aromatic carbocycles. The first-order valence-corrected chi connectivity index (χ1v) is 12.5. The zero-order valence-corrected chi connectivity index (χ0v) is 21.0. The van der Waals surface area contributed by atoms with E-state index in [4.69, 9.17) is 16.7 Å². The summed E-state index contributed by atoms with van der Waals surface area (Å²) >= 11 is 7.60. The van der Waals surface area contributed by atoms with E-state index in [1.54, 1.807) is 6.07 Å². The molecule has 0 radical (unpaired) electrons. The molecule has 182 valence electrons. The summed E-state index contributed by atoms with van der Waals surface area (Å²) in [7, 11) is 0. The molecule has 0 saturated carbocycles. The van der Waals surface area contributed by atoms with Gasteiger partial charge in [0, 0.05) is 38.8 Å². The second-order valence-electron chi connectivity index (χ2n) is 8.33. The molecule has 0 bridgehead atoms. The van der Waals surface area contributed by atoms with E-state index in [0.717, 1.165) is 37.6 Å². The number of nitrogens with zero attached hydrogens (tertiary/aromatic N) is 7. The minimum absolute atomic E-state index is 0.167. The Balaban J connectivity index is 1.41. The molecule has 3 aromatic heterocycles. The van der Waals surface area contributed by atoms with Gasteiger partial charge in [-0.2, -0.15) is 4.98 Å². The molecule has 4 aromatic rings. The van der Waals surface area contributed by atoms with Crippen molar-refractivity contribution < 1.29 is 5.11 Å². The molecule has 4 heterocycles. The monoisotopic (exact) mass is 512 g/mol. The standard InChI is InChI=1S/C23H25ClN8O2S/c1-14-4-3-5-16(24)19(14)32-13-25-21-20(22(32)34)35-23(29-21)28-17-12-18(27-15(2)26-17)31-8-6-30(7-9-31)10-11-33/h3-5,12-13,33H,6-11H2,1-2H3,(H,26,27,28,29). The van der Waals surface area contributed by atoms with E-state index >= 15 is 0 Å². The number of fused-ring (bicyclic) bond motifs is 1. The Bertz CT molecular complexity index is 1410. The van der Waals surface area contributed by atoms with E-state index < -0.39 is 0 Å². The lowest BCUT2D eigenvalue weighted by Crippen LogP contribution is -2.47. The topological polar surface area (TPSA) is 112 Å². The number of anilines is 3. The number of nitrogens with one attached hydrogen (secondary N) is 1. The van der Waals surface area contributed by atoms with E-state index in [2.05, 4.69) is 35.1 Å². The van der Waals surface area contributed by atoms with Gasteiger partial charge in [-0.15, -0.1) is 0 Å². The van der Waals surface area contributed by atoms with Crippen molar-refractivity contribution in [2.45, 2.75) is 13.8 Å². The van der Waals surface area contributed by atoms with Crippen molar-refractivity contribution in [1.29, 1.82) is 0 Å². The van der Waals surface area contributed by atoms with Crippen molar-refractivity contribution in [3.63, 3.8) is 0 Å². The summed E-state index contributed by atoms with van der Waals surface area (Å²) in [5, 5.41) is 13.4. The van der Waals surface area contributed by atoms with Crippen LogP contribution in [0.25, 0.3) is 16.0 Å². The number of benzene rings is 1. The second-order valence-corrected chi connectivity index (χ2v) is 9.74. The molecule has 0 spiro atoms. The summed E-state index contributed by atoms with van der Waals surface area (Å²) in [4.78, 5) is 35.7. The number of aromatic nitrogens is 5. The first-order valence-electron chi connectivity index (χ1n) is 11.3. The lowest BCUT2D eigenvalue weighted by atomic mass is 10.2. The third-order valence-electron chi connectivity index (χ3n) is 5.92. The van der Waals surface area contributed by atoms with Crippen LogP contribution in [0.3, 0.4) is 0 Å². The molecule has 1 aliphatic heterocycles. The van der Waals surface area contributed by atoms with Gasteiger partial charge in [0.05, 0.1) is 17.3 Å². The average molecular weight is 513 g/mol. The minimum Gasteiger partial charge on any atom is -0.395 e. The molecular weight excluding hydrogens is 488 g/mol. The van der Waals surface area contributed by atoms with Crippen molar-refractivity contribution in [2.75, 3.05) is 49.5 Å². The lowest BCUT2D eigenvalue weighted by molar-refractivity contribution is 0.188. The molecule has 0 aliphatic carbocycles. The number of para-hydroxylation sites is 1. The molecule has 1 aliphatic rings. The van der Waals surface area contributed by atoms with Gasteiger partial charge in [0.2, 0.25) is 0 Å². The van der Waals surface area contributed by atoms with Crippen LogP contribution in [0.4, 0.5) is 16.8 Å². The van der Waals surface area contributed by atoms with Crippen molar-refractivity contribution in [2.24, 2.45) is 0 Å². The Morgan fingerprint density at radius 3 is 2.69 bits per heavy atom. The van der Waals surface area contributed by atoms with Gasteiger partial charge in [0.15, 0.2) is 10.8 Å². The fourth-order valence-corrected chi connectivity index (χ4v) is 5.35. The first kappa shape index (κ1) is 23.6. The maximum atomic E-state index is 13.2. The van der Waals surface area contributed by atoms with Gasteiger partial charge in [0.25, 0.3) is 5.56 Å². The summed E-state index contributed by atoms with van der Waals surface area (Å²) in [6, 6.07) is 7.39. The van der Waals surface area contributed by atoms with Crippen LogP contribution < -0.4 is 15.8 Å². The molecule has 1 fully saturated rings. The zero-order valence-electron chi connectivity index (χ0n) is 19.4. The SMILES string of the molecule is Cc1nc(Nc2nc3ncn(-c4c(C)cccc4Cl)c(=O)c3s2)cc(N2CCN(CCO)CC2)n1. The van der Waals surface area contributed by atoms with Crippen LogP contribution in [0.15, 0.2) is 35.4 Å². The predicted octanol–water partition coefficient (Wildman–Crippen LogP) is 2.76. The van der Waals surface area contributed by atoms with Crippen LogP contribution in [-0.2, 0) is 0 Å². The molecule has 12 heteroatoms. The van der Waals surface area contributed by atoms with Gasteiger partial charge in [0.1, 0.15) is 28.5 Å². The summed E-state index contributed by atoms with van der Waals surface area (Å²) in [5.74, 6) is 2.07. The normalized spacial score (nSPS) is 14.6. The predicted molar refractivity (Wildman–Crippen MR) is 139 cm³/mol. The Morgan fingerprint density at radius 1 is 1.14 bits per heavy atom. The largest absolute Gasteiger partial charge is 0.395 e. The number of β-amino-alcohol motifs (C(OH)–C–C–N with tert-alkyl or cyclic N) is 1. The fourth-order valence-electron chi connectivity index (χ4n) is 4.18. The molecule has 5 rings (SSSR count). The third-order valence-corrected chi connectivity index (χ3v) is 7.17. The molecule has 0 unspecified atom stereocenters. The molecule has 0 atom stereocenters. The van der Waals surface area contributed by atoms with Gasteiger partial charge in [-0.25, -0.2) is 15.0 Å². The van der Waals surface area contributed by atoms with Gasteiger partial charge in [-0.1, -0.05) is 35.1 Å². The van der Waals surface area contributed by atoms with E-state index in [1.807, 2.05) is 32.0 Å². The van der Waals surface area contributed by atoms with Crippen molar-refractivity contribution in [1.82, 2.24) is 29.4 Å². The molecule has 10 nitrogen and oxygen atoms in total. The quantitative estimate of drug-likeness (QED) is 0.402. The first-order chi connectivity index (χ1) is 16.9. The van der Waals surface area contributed by atoms with Crippen LogP contribution in [0, 0.1) is 13.8 Å². The Morgan fingerprint density at radius 2 is 1.94 bits per heavy atom. The fraction of sp³-hybridized carbons (Fsp3) is 0.348. The maximum Gasteiger partial charge on any atom is 0.277 e. The van der Waals surface area contributed by atoms with Crippen molar-refractivity contribution in [3.05, 3.63) is 57.4 Å². The van der Waals surface area contributed by atoms with Crippen LogP contribution in [0.1, 0.15) is 11.4 Å². The molecule has 2 N–H and O–H groups in total. The van der Waals surface area contributed by atoms with E-state index in [0.29, 0.717) is 44.4 Å². The van der Waals surface area contributed by atoms with Crippen molar-refractivity contribution in [3.8, 4) is 5.69 Å². The number of hydrogen-bond donors (Lipinski definition) is 2. The number of aliphatic hydroxyl groups is 1. The highest BCUT2D eigenvalue weighted by Gasteiger charge is 2.19. The number of aliphatic hydroxyl groups excluding tert-OH is 1. The van der Waals surface area contributed by atoms with Crippen LogP contribution >= 0.6 is 22.9 Å². The number of hydrogen-bond acceptors (Lipinski definition) is 10. The highest BCUT2D eigenvalue weighted by Crippen LogP contribution is 2.28. The third kappa shape index (κ3) is 4.85. The maximum absolute atomic E-state index is 13.2. The van der Waals surface area contributed by atoms with Crippen molar-refractivity contribution >= 4 is 50.1 Å². The average Bonchev–Trinajstić information content (AvgIpc) is 3.24. The van der Waals surface area contributed by atoms with E-state index in [-0.39, 0.29) is 12.2 Å². The zero-order chi connectivity index (χ0) is 24.5.